The second-order valence-corrected chi connectivity index (χ2v) is 8.81. The molecular formula is C21H28N6O4. The van der Waals surface area contributed by atoms with Crippen molar-refractivity contribution < 1.29 is 9.32 Å². The molecule has 0 saturated carbocycles. The highest BCUT2D eigenvalue weighted by atomic mass is 16.5. The number of aromatic amines is 1. The van der Waals surface area contributed by atoms with Crippen molar-refractivity contribution in [2.24, 2.45) is 0 Å². The lowest BCUT2D eigenvalue weighted by Crippen LogP contribution is -2.33. The smallest absolute Gasteiger partial charge is 0.329 e. The fourth-order valence-electron chi connectivity index (χ4n) is 3.08. The Balaban J connectivity index is 2.04. The molecule has 0 atom stereocenters. The summed E-state index contributed by atoms with van der Waals surface area (Å²) in [6.45, 7) is 12.0. The normalized spacial score (nSPS) is 12.0. The summed E-state index contributed by atoms with van der Waals surface area (Å²) in [6.07, 6.45) is 0.671. The number of rotatable bonds is 6. The van der Waals surface area contributed by atoms with Crippen LogP contribution in [0.15, 0.2) is 20.2 Å². The molecule has 0 bridgehead atoms. The molecule has 31 heavy (non-hydrogen) atoms. The maximum absolute atomic E-state index is 13.1. The monoisotopic (exact) mass is 428 g/mol. The lowest BCUT2D eigenvalue weighted by atomic mass is 9.97. The first-order valence-corrected chi connectivity index (χ1v) is 10.3. The van der Waals surface area contributed by atoms with Gasteiger partial charge in [0.05, 0.1) is 17.5 Å². The first-order chi connectivity index (χ1) is 14.5. The largest absolute Gasteiger partial charge is 0.345 e. The van der Waals surface area contributed by atoms with E-state index in [9.17, 15) is 14.4 Å². The van der Waals surface area contributed by atoms with Crippen LogP contribution >= 0.6 is 0 Å². The Kier molecular flexibility index (Phi) is 6.10. The number of aryl methyl sites for hydroxylation is 1. The van der Waals surface area contributed by atoms with Gasteiger partial charge in [-0.25, -0.2) is 9.78 Å². The molecule has 2 N–H and O–H groups in total. The minimum absolute atomic E-state index is 0.00744. The summed E-state index contributed by atoms with van der Waals surface area (Å²) in [5.41, 5.74) is -0.516. The number of carbonyl (C=O) groups excluding carboxylic acids is 1. The number of pyridine rings is 1. The molecule has 0 spiro atoms. The van der Waals surface area contributed by atoms with E-state index in [0.717, 1.165) is 0 Å². The number of fused-ring (bicyclic) bond motifs is 1. The van der Waals surface area contributed by atoms with Gasteiger partial charge in [-0.2, -0.15) is 4.98 Å². The SMILES string of the molecule is CCCn1c(=O)[nH]c(=O)c2c(C(=O)NCc3noc(C(C)(C)C)n3)cc(C(C)C)nc21. The number of hydrogen-bond donors (Lipinski definition) is 2. The maximum Gasteiger partial charge on any atom is 0.329 e. The highest BCUT2D eigenvalue weighted by Crippen LogP contribution is 2.21. The lowest BCUT2D eigenvalue weighted by molar-refractivity contribution is 0.0951. The van der Waals surface area contributed by atoms with Gasteiger partial charge in [0.25, 0.3) is 11.5 Å². The summed E-state index contributed by atoms with van der Waals surface area (Å²) in [7, 11) is 0. The summed E-state index contributed by atoms with van der Waals surface area (Å²) >= 11 is 0. The van der Waals surface area contributed by atoms with Crippen molar-refractivity contribution in [3.63, 3.8) is 0 Å². The van der Waals surface area contributed by atoms with Crippen molar-refractivity contribution in [3.05, 3.63) is 49.9 Å². The van der Waals surface area contributed by atoms with Gasteiger partial charge in [0.2, 0.25) is 5.89 Å². The second kappa shape index (κ2) is 8.44. The van der Waals surface area contributed by atoms with Crippen LogP contribution in [-0.4, -0.2) is 30.6 Å². The zero-order valence-electron chi connectivity index (χ0n) is 18.7. The quantitative estimate of drug-likeness (QED) is 0.614. The van der Waals surface area contributed by atoms with E-state index in [1.54, 1.807) is 6.07 Å². The number of nitrogens with zero attached hydrogens (tertiary/aromatic N) is 4. The molecule has 0 aliphatic rings. The van der Waals surface area contributed by atoms with Crippen LogP contribution in [0.25, 0.3) is 11.0 Å². The number of carbonyl (C=O) groups is 1. The summed E-state index contributed by atoms with van der Waals surface area (Å²) < 4.78 is 6.64. The minimum Gasteiger partial charge on any atom is -0.345 e. The first-order valence-electron chi connectivity index (χ1n) is 10.3. The van der Waals surface area contributed by atoms with Crippen LogP contribution < -0.4 is 16.6 Å². The molecule has 3 aromatic heterocycles. The highest BCUT2D eigenvalue weighted by Gasteiger charge is 2.23. The van der Waals surface area contributed by atoms with Crippen LogP contribution in [0.5, 0.6) is 0 Å². The third-order valence-electron chi connectivity index (χ3n) is 4.77. The minimum atomic E-state index is -0.644. The zero-order valence-corrected chi connectivity index (χ0v) is 18.7. The van der Waals surface area contributed by atoms with Gasteiger partial charge in [0.1, 0.15) is 0 Å². The number of nitrogens with one attached hydrogen (secondary N) is 2. The van der Waals surface area contributed by atoms with E-state index in [-0.39, 0.29) is 34.5 Å². The Morgan fingerprint density at radius 1 is 1.26 bits per heavy atom. The van der Waals surface area contributed by atoms with Crippen LogP contribution in [0.1, 0.15) is 81.6 Å². The van der Waals surface area contributed by atoms with E-state index in [4.69, 9.17) is 4.52 Å². The van der Waals surface area contributed by atoms with Crippen LogP contribution in [-0.2, 0) is 18.5 Å². The summed E-state index contributed by atoms with van der Waals surface area (Å²) in [4.78, 5) is 49.1. The van der Waals surface area contributed by atoms with Gasteiger partial charge in [0.15, 0.2) is 11.5 Å². The van der Waals surface area contributed by atoms with E-state index in [1.165, 1.54) is 4.57 Å². The van der Waals surface area contributed by atoms with Gasteiger partial charge in [-0.15, -0.1) is 0 Å². The van der Waals surface area contributed by atoms with Crippen LogP contribution in [0, 0.1) is 0 Å². The van der Waals surface area contributed by atoms with Gasteiger partial charge in [-0.3, -0.25) is 19.1 Å². The third-order valence-corrected chi connectivity index (χ3v) is 4.77. The molecule has 0 radical (unpaired) electrons. The molecule has 0 fully saturated rings. The maximum atomic E-state index is 13.1. The summed E-state index contributed by atoms with van der Waals surface area (Å²) in [5.74, 6) is 0.307. The molecule has 3 aromatic rings. The van der Waals surface area contributed by atoms with Crippen LogP contribution in [0.3, 0.4) is 0 Å². The fourth-order valence-corrected chi connectivity index (χ4v) is 3.08. The van der Waals surface area contributed by atoms with E-state index < -0.39 is 17.2 Å². The standard InChI is InChI=1S/C21H28N6O4/c1-7-8-27-16-15(18(29)25-20(27)30)12(9-13(23-16)11(2)3)17(28)22-10-14-24-19(31-26-14)21(4,5)6/h9,11H,7-8,10H2,1-6H3,(H,22,28)(H,25,29,30). The van der Waals surface area contributed by atoms with Crippen molar-refractivity contribution in [3.8, 4) is 0 Å². The van der Waals surface area contributed by atoms with Crippen molar-refractivity contribution in [2.75, 3.05) is 0 Å². The van der Waals surface area contributed by atoms with Crippen molar-refractivity contribution in [1.29, 1.82) is 0 Å². The van der Waals surface area contributed by atoms with Gasteiger partial charge in [-0.05, 0) is 18.4 Å². The van der Waals surface area contributed by atoms with E-state index >= 15 is 0 Å². The molecule has 3 rings (SSSR count). The number of H-pyrrole nitrogens is 1. The van der Waals surface area contributed by atoms with Crippen molar-refractivity contribution >= 4 is 16.9 Å². The Morgan fingerprint density at radius 2 is 1.97 bits per heavy atom. The lowest BCUT2D eigenvalue weighted by Gasteiger charge is -2.14. The van der Waals surface area contributed by atoms with Crippen LogP contribution in [0.2, 0.25) is 0 Å². The Morgan fingerprint density at radius 3 is 2.55 bits per heavy atom. The Labute approximate surface area is 179 Å². The predicted molar refractivity (Wildman–Crippen MR) is 115 cm³/mol. The van der Waals surface area contributed by atoms with Crippen molar-refractivity contribution in [1.82, 2.24) is 30.0 Å². The topological polar surface area (TPSA) is 136 Å². The molecule has 3 heterocycles. The average molecular weight is 428 g/mol. The van der Waals surface area contributed by atoms with Crippen molar-refractivity contribution in [2.45, 2.75) is 72.4 Å². The first kappa shape index (κ1) is 22.4. The highest BCUT2D eigenvalue weighted by molar-refractivity contribution is 6.05. The van der Waals surface area contributed by atoms with Gasteiger partial charge in [-0.1, -0.05) is 46.7 Å². The zero-order chi connectivity index (χ0) is 22.9. The van der Waals surface area contributed by atoms with Gasteiger partial charge >= 0.3 is 5.69 Å². The van der Waals surface area contributed by atoms with Gasteiger partial charge in [0, 0.05) is 17.7 Å². The van der Waals surface area contributed by atoms with E-state index in [1.807, 2.05) is 41.5 Å². The molecule has 166 valence electrons. The molecule has 0 aliphatic carbocycles. The molecule has 0 aliphatic heterocycles. The molecule has 10 nitrogen and oxygen atoms in total. The molecule has 0 saturated heterocycles. The van der Waals surface area contributed by atoms with Crippen LogP contribution in [0.4, 0.5) is 0 Å². The number of hydrogen-bond acceptors (Lipinski definition) is 7. The fraction of sp³-hybridized carbons (Fsp3) is 0.524. The van der Waals surface area contributed by atoms with Gasteiger partial charge < -0.3 is 9.84 Å². The van der Waals surface area contributed by atoms with E-state index in [0.29, 0.717) is 30.4 Å². The molecule has 10 heteroatoms. The number of amides is 1. The number of aromatic nitrogens is 5. The predicted octanol–water partition coefficient (Wildman–Crippen LogP) is 2.23. The second-order valence-electron chi connectivity index (χ2n) is 8.81. The average Bonchev–Trinajstić information content (AvgIpc) is 3.17. The summed E-state index contributed by atoms with van der Waals surface area (Å²) in [6, 6.07) is 1.59. The third kappa shape index (κ3) is 4.57. The summed E-state index contributed by atoms with van der Waals surface area (Å²) in [5, 5.41) is 6.72. The molecule has 1 amide bonds. The van der Waals surface area contributed by atoms with E-state index in [2.05, 4.69) is 25.4 Å². The molecule has 0 aromatic carbocycles. The molecule has 0 unspecified atom stereocenters. The Bertz CT molecular complexity index is 1230. The molecular weight excluding hydrogens is 400 g/mol. The Hall–Kier alpha value is -3.30.